The van der Waals surface area contributed by atoms with Crippen LogP contribution in [0.5, 0.6) is 0 Å². The molecule has 0 fully saturated rings. The van der Waals surface area contributed by atoms with Crippen LogP contribution in [0, 0.1) is 6.92 Å². The maximum atomic E-state index is 12.1. The molecule has 0 aliphatic heterocycles. The molecule has 128 valence electrons. The number of carbonyl (C=O) groups excluding carboxylic acids is 2. The molecule has 24 heavy (non-hydrogen) atoms. The Morgan fingerprint density at radius 2 is 1.92 bits per heavy atom. The predicted octanol–water partition coefficient (Wildman–Crippen LogP) is 1.53. The van der Waals surface area contributed by atoms with E-state index in [1.54, 1.807) is 13.8 Å². The number of sulfonamides is 1. The van der Waals surface area contributed by atoms with Crippen molar-refractivity contribution >= 4 is 38.4 Å². The Labute approximate surface area is 142 Å². The van der Waals surface area contributed by atoms with Crippen LogP contribution in [0.4, 0.5) is 5.13 Å². The Kier molecular flexibility index (Phi) is 5.32. The number of nitrogens with one attached hydrogen (secondary N) is 1. The van der Waals surface area contributed by atoms with E-state index in [1.807, 2.05) is 0 Å². The minimum absolute atomic E-state index is 0.0891. The molecule has 0 spiro atoms. The van der Waals surface area contributed by atoms with E-state index >= 15 is 0 Å². The SMILES string of the molecule is CCOC(=O)c1sc(NC(=O)c2ccc(S(N)(=O)=O)cc2)nc1C. The first-order valence-corrected chi connectivity index (χ1v) is 9.17. The number of hydrogen-bond donors (Lipinski definition) is 2. The fraction of sp³-hybridized carbons (Fsp3) is 0.214. The number of rotatable bonds is 5. The third kappa shape index (κ3) is 4.16. The third-order valence-corrected chi connectivity index (χ3v) is 4.91. The number of primary sulfonamides is 1. The van der Waals surface area contributed by atoms with E-state index in [4.69, 9.17) is 9.88 Å². The molecule has 2 rings (SSSR count). The molecule has 0 radical (unpaired) electrons. The summed E-state index contributed by atoms with van der Waals surface area (Å²) in [6, 6.07) is 5.15. The number of nitrogens with two attached hydrogens (primary N) is 1. The second-order valence-electron chi connectivity index (χ2n) is 4.68. The Morgan fingerprint density at radius 1 is 1.29 bits per heavy atom. The Bertz CT molecular complexity index is 872. The van der Waals surface area contributed by atoms with E-state index in [1.165, 1.54) is 24.3 Å². The van der Waals surface area contributed by atoms with Gasteiger partial charge in [-0.05, 0) is 38.1 Å². The van der Waals surface area contributed by atoms with Gasteiger partial charge in [0.25, 0.3) is 5.91 Å². The van der Waals surface area contributed by atoms with Gasteiger partial charge < -0.3 is 4.74 Å². The number of esters is 1. The van der Waals surface area contributed by atoms with Gasteiger partial charge in [-0.25, -0.2) is 23.3 Å². The van der Waals surface area contributed by atoms with Crippen LogP contribution in [-0.2, 0) is 14.8 Å². The maximum Gasteiger partial charge on any atom is 0.350 e. The molecule has 0 bridgehead atoms. The quantitative estimate of drug-likeness (QED) is 0.769. The largest absolute Gasteiger partial charge is 0.462 e. The fourth-order valence-corrected chi connectivity index (χ4v) is 3.17. The van der Waals surface area contributed by atoms with Crippen molar-refractivity contribution in [2.45, 2.75) is 18.7 Å². The number of benzene rings is 1. The second-order valence-corrected chi connectivity index (χ2v) is 7.24. The van der Waals surface area contributed by atoms with Gasteiger partial charge in [0, 0.05) is 5.56 Å². The van der Waals surface area contributed by atoms with Crippen LogP contribution in [0.25, 0.3) is 0 Å². The summed E-state index contributed by atoms with van der Waals surface area (Å²) >= 11 is 1.00. The summed E-state index contributed by atoms with van der Waals surface area (Å²) in [5.41, 5.74) is 0.686. The highest BCUT2D eigenvalue weighted by atomic mass is 32.2. The lowest BCUT2D eigenvalue weighted by Crippen LogP contribution is -2.14. The lowest BCUT2D eigenvalue weighted by Gasteiger charge is -2.03. The Balaban J connectivity index is 2.15. The molecule has 10 heteroatoms. The molecule has 0 aliphatic rings. The normalized spacial score (nSPS) is 11.1. The van der Waals surface area contributed by atoms with Gasteiger partial charge >= 0.3 is 5.97 Å². The van der Waals surface area contributed by atoms with E-state index < -0.39 is 21.9 Å². The van der Waals surface area contributed by atoms with E-state index in [0.29, 0.717) is 10.6 Å². The lowest BCUT2D eigenvalue weighted by molar-refractivity contribution is 0.0531. The molecule has 0 unspecified atom stereocenters. The number of hydrogen-bond acceptors (Lipinski definition) is 7. The Morgan fingerprint density at radius 3 is 2.46 bits per heavy atom. The molecule has 0 saturated carbocycles. The van der Waals surface area contributed by atoms with Crippen molar-refractivity contribution in [1.82, 2.24) is 4.98 Å². The molecule has 8 nitrogen and oxygen atoms in total. The standard InChI is InChI=1S/C14H15N3O5S2/c1-3-22-13(19)11-8(2)16-14(23-11)17-12(18)9-4-6-10(7-5-9)24(15,20)21/h4-7H,3H2,1-2H3,(H2,15,20,21)(H,16,17,18). The van der Waals surface area contributed by atoms with Gasteiger partial charge in [-0.3, -0.25) is 10.1 Å². The zero-order valence-corrected chi connectivity index (χ0v) is 14.5. The lowest BCUT2D eigenvalue weighted by atomic mass is 10.2. The van der Waals surface area contributed by atoms with Crippen LogP contribution in [0.3, 0.4) is 0 Å². The van der Waals surface area contributed by atoms with Gasteiger partial charge in [-0.2, -0.15) is 0 Å². The average molecular weight is 369 g/mol. The van der Waals surface area contributed by atoms with Gasteiger partial charge in [-0.1, -0.05) is 11.3 Å². The minimum Gasteiger partial charge on any atom is -0.462 e. The summed E-state index contributed by atoms with van der Waals surface area (Å²) in [7, 11) is -3.81. The van der Waals surface area contributed by atoms with Gasteiger partial charge in [0.15, 0.2) is 5.13 Å². The number of aryl methyl sites for hydroxylation is 1. The summed E-state index contributed by atoms with van der Waals surface area (Å²) in [5, 5.41) is 7.80. The summed E-state index contributed by atoms with van der Waals surface area (Å²) < 4.78 is 27.3. The number of ether oxygens (including phenoxy) is 1. The molecular formula is C14H15N3O5S2. The molecule has 3 N–H and O–H groups in total. The summed E-state index contributed by atoms with van der Waals surface area (Å²) in [6.45, 7) is 3.58. The molecule has 1 amide bonds. The number of anilines is 1. The highest BCUT2D eigenvalue weighted by Gasteiger charge is 2.18. The first kappa shape index (κ1) is 18.0. The van der Waals surface area contributed by atoms with Crippen LogP contribution < -0.4 is 10.5 Å². The van der Waals surface area contributed by atoms with E-state index in [-0.39, 0.29) is 22.2 Å². The maximum absolute atomic E-state index is 12.1. The summed E-state index contributed by atoms with van der Waals surface area (Å²) in [6.07, 6.45) is 0. The molecule has 0 aliphatic carbocycles. The second kappa shape index (κ2) is 7.07. The van der Waals surface area contributed by atoms with Crippen molar-refractivity contribution in [2.24, 2.45) is 5.14 Å². The monoisotopic (exact) mass is 369 g/mol. The molecule has 2 aromatic rings. The molecule has 0 saturated heterocycles. The summed E-state index contributed by atoms with van der Waals surface area (Å²) in [5.74, 6) is -0.981. The number of thiazole rings is 1. The Hall–Kier alpha value is -2.30. The topological polar surface area (TPSA) is 128 Å². The number of aromatic nitrogens is 1. The fourth-order valence-electron chi connectivity index (χ4n) is 1.80. The number of nitrogens with zero attached hydrogens (tertiary/aromatic N) is 1. The first-order valence-electron chi connectivity index (χ1n) is 6.81. The zero-order chi connectivity index (χ0) is 17.9. The first-order chi connectivity index (χ1) is 11.2. The summed E-state index contributed by atoms with van der Waals surface area (Å²) in [4.78, 5) is 28.2. The average Bonchev–Trinajstić information content (AvgIpc) is 2.87. The van der Waals surface area contributed by atoms with E-state index in [9.17, 15) is 18.0 Å². The highest BCUT2D eigenvalue weighted by Crippen LogP contribution is 2.24. The van der Waals surface area contributed by atoms with Crippen LogP contribution in [0.2, 0.25) is 0 Å². The van der Waals surface area contributed by atoms with Gasteiger partial charge in [-0.15, -0.1) is 0 Å². The minimum atomic E-state index is -3.81. The highest BCUT2D eigenvalue weighted by molar-refractivity contribution is 7.89. The van der Waals surface area contributed by atoms with Gasteiger partial charge in [0.05, 0.1) is 17.2 Å². The molecule has 0 atom stereocenters. The smallest absolute Gasteiger partial charge is 0.350 e. The van der Waals surface area contributed by atoms with Gasteiger partial charge in [0.1, 0.15) is 4.88 Å². The predicted molar refractivity (Wildman–Crippen MR) is 88.6 cm³/mol. The molecule has 1 heterocycles. The van der Waals surface area contributed by atoms with Crippen LogP contribution >= 0.6 is 11.3 Å². The van der Waals surface area contributed by atoms with Crippen molar-refractivity contribution in [3.05, 3.63) is 40.4 Å². The van der Waals surface area contributed by atoms with Crippen LogP contribution in [0.15, 0.2) is 29.2 Å². The van der Waals surface area contributed by atoms with Crippen molar-refractivity contribution in [2.75, 3.05) is 11.9 Å². The van der Waals surface area contributed by atoms with Crippen LogP contribution in [-0.4, -0.2) is 31.9 Å². The van der Waals surface area contributed by atoms with E-state index in [2.05, 4.69) is 10.3 Å². The number of amides is 1. The van der Waals surface area contributed by atoms with Crippen molar-refractivity contribution < 1.29 is 22.7 Å². The number of carbonyl (C=O) groups is 2. The van der Waals surface area contributed by atoms with Gasteiger partial charge in [0.2, 0.25) is 10.0 Å². The van der Waals surface area contributed by atoms with Crippen LogP contribution in [0.1, 0.15) is 32.6 Å². The van der Waals surface area contributed by atoms with Crippen molar-refractivity contribution in [3.63, 3.8) is 0 Å². The van der Waals surface area contributed by atoms with Crippen molar-refractivity contribution in [3.8, 4) is 0 Å². The molecule has 1 aromatic heterocycles. The zero-order valence-electron chi connectivity index (χ0n) is 12.9. The third-order valence-electron chi connectivity index (χ3n) is 2.92. The molecular weight excluding hydrogens is 354 g/mol. The van der Waals surface area contributed by atoms with E-state index in [0.717, 1.165) is 11.3 Å². The van der Waals surface area contributed by atoms with Crippen molar-refractivity contribution in [1.29, 1.82) is 0 Å². The molecule has 1 aromatic carbocycles.